The Bertz CT molecular complexity index is 265. The van der Waals surface area contributed by atoms with Crippen LogP contribution in [0, 0.1) is 5.92 Å². The van der Waals surface area contributed by atoms with Gasteiger partial charge in [0.2, 0.25) is 5.79 Å². The number of hydrogen-bond acceptors (Lipinski definition) is 5. The molecule has 4 nitrogen and oxygen atoms in total. The fraction of sp³-hybridized carbons (Fsp3) is 0.900. The van der Waals surface area contributed by atoms with Crippen LogP contribution < -0.4 is 0 Å². The largest absolute Gasteiger partial charge is 0.431 e. The van der Waals surface area contributed by atoms with Gasteiger partial charge in [0.25, 0.3) is 0 Å². The summed E-state index contributed by atoms with van der Waals surface area (Å²) in [6, 6.07) is -0.155. The number of rotatable bonds is 2. The van der Waals surface area contributed by atoms with Crippen LogP contribution in [0.25, 0.3) is 0 Å². The van der Waals surface area contributed by atoms with Gasteiger partial charge in [0.15, 0.2) is 0 Å². The smallest absolute Gasteiger partial charge is 0.305 e. The highest BCUT2D eigenvalue weighted by atomic mass is 32.1. The summed E-state index contributed by atoms with van der Waals surface area (Å²) >= 11 is 4.24. The van der Waals surface area contributed by atoms with Crippen molar-refractivity contribution < 1.29 is 14.6 Å². The standard InChI is InChI=1S/C10H17NO3S/c1-7(12)14-10(13)8-2-4-11(5-3-8)9(10)6-15/h8-9,13,15H,2-6H2,1H3. The van der Waals surface area contributed by atoms with Crippen molar-refractivity contribution in [2.45, 2.75) is 31.6 Å². The van der Waals surface area contributed by atoms with E-state index in [4.69, 9.17) is 4.74 Å². The van der Waals surface area contributed by atoms with Gasteiger partial charge in [0.1, 0.15) is 0 Å². The van der Waals surface area contributed by atoms with E-state index in [9.17, 15) is 9.90 Å². The number of nitrogens with zero attached hydrogens (tertiary/aromatic N) is 1. The van der Waals surface area contributed by atoms with Crippen LogP contribution in [0.1, 0.15) is 19.8 Å². The molecule has 3 aliphatic heterocycles. The third kappa shape index (κ3) is 1.77. The maximum Gasteiger partial charge on any atom is 0.305 e. The van der Waals surface area contributed by atoms with Gasteiger partial charge in [-0.1, -0.05) is 0 Å². The molecule has 3 heterocycles. The number of fused-ring (bicyclic) bond motifs is 3. The van der Waals surface area contributed by atoms with E-state index in [0.29, 0.717) is 5.75 Å². The molecule has 0 amide bonds. The van der Waals surface area contributed by atoms with Gasteiger partial charge in [0, 0.05) is 18.6 Å². The summed E-state index contributed by atoms with van der Waals surface area (Å²) < 4.78 is 5.14. The molecule has 5 heteroatoms. The summed E-state index contributed by atoms with van der Waals surface area (Å²) in [5.41, 5.74) is 0. The molecule has 86 valence electrons. The van der Waals surface area contributed by atoms with Crippen LogP contribution in [0.3, 0.4) is 0 Å². The number of thiol groups is 1. The first-order chi connectivity index (χ1) is 7.08. The van der Waals surface area contributed by atoms with Crippen LogP contribution in [0.5, 0.6) is 0 Å². The lowest BCUT2D eigenvalue weighted by atomic mass is 9.78. The lowest BCUT2D eigenvalue weighted by molar-refractivity contribution is -0.285. The molecule has 3 aliphatic rings. The minimum atomic E-state index is -1.32. The number of carbonyl (C=O) groups excluding carboxylic acids is 1. The summed E-state index contributed by atoms with van der Waals surface area (Å²) in [5, 5.41) is 10.5. The van der Waals surface area contributed by atoms with Crippen molar-refractivity contribution in [1.29, 1.82) is 0 Å². The van der Waals surface area contributed by atoms with Gasteiger partial charge in [-0.15, -0.1) is 0 Å². The van der Waals surface area contributed by atoms with Crippen LogP contribution in [-0.4, -0.2) is 46.6 Å². The Balaban J connectivity index is 2.22. The van der Waals surface area contributed by atoms with Crippen LogP contribution in [0.4, 0.5) is 0 Å². The van der Waals surface area contributed by atoms with Gasteiger partial charge in [-0.05, 0) is 25.9 Å². The molecule has 3 rings (SSSR count). The number of hydrogen-bond donors (Lipinski definition) is 2. The first-order valence-corrected chi connectivity index (χ1v) is 5.98. The Morgan fingerprint density at radius 1 is 1.60 bits per heavy atom. The molecule has 2 atom stereocenters. The van der Waals surface area contributed by atoms with Gasteiger partial charge < -0.3 is 9.84 Å². The summed E-state index contributed by atoms with van der Waals surface area (Å²) in [7, 11) is 0. The Labute approximate surface area is 95.0 Å². The number of aliphatic hydroxyl groups is 1. The third-order valence-corrected chi connectivity index (χ3v) is 3.86. The van der Waals surface area contributed by atoms with Crippen molar-refractivity contribution in [2.24, 2.45) is 5.92 Å². The van der Waals surface area contributed by atoms with Crippen molar-refractivity contribution in [3.05, 3.63) is 0 Å². The van der Waals surface area contributed by atoms with Gasteiger partial charge in [-0.2, -0.15) is 12.6 Å². The second kappa shape index (κ2) is 3.96. The highest BCUT2D eigenvalue weighted by molar-refractivity contribution is 7.80. The summed E-state index contributed by atoms with van der Waals surface area (Å²) in [6.07, 6.45) is 1.79. The zero-order valence-corrected chi connectivity index (χ0v) is 9.74. The fourth-order valence-electron chi connectivity index (χ4n) is 2.79. The Morgan fingerprint density at radius 2 is 2.20 bits per heavy atom. The maximum atomic E-state index is 11.0. The monoisotopic (exact) mass is 231 g/mol. The van der Waals surface area contributed by atoms with Gasteiger partial charge >= 0.3 is 5.97 Å². The van der Waals surface area contributed by atoms with Crippen molar-refractivity contribution in [3.8, 4) is 0 Å². The quantitative estimate of drug-likeness (QED) is 0.407. The van der Waals surface area contributed by atoms with Crippen LogP contribution in [0.2, 0.25) is 0 Å². The van der Waals surface area contributed by atoms with E-state index in [1.165, 1.54) is 6.92 Å². The zero-order chi connectivity index (χ0) is 11.1. The molecule has 3 fully saturated rings. The third-order valence-electron chi connectivity index (χ3n) is 3.51. The molecule has 3 saturated heterocycles. The molecule has 0 spiro atoms. The predicted molar refractivity (Wildman–Crippen MR) is 58.7 cm³/mol. The lowest BCUT2D eigenvalue weighted by Crippen LogP contribution is -2.68. The topological polar surface area (TPSA) is 49.8 Å². The second-order valence-corrected chi connectivity index (χ2v) is 4.72. The maximum absolute atomic E-state index is 11.0. The Morgan fingerprint density at radius 3 is 2.67 bits per heavy atom. The molecule has 1 N–H and O–H groups in total. The van der Waals surface area contributed by atoms with E-state index >= 15 is 0 Å². The predicted octanol–water partition coefficient (Wildman–Crippen LogP) is 0.262. The average molecular weight is 231 g/mol. The van der Waals surface area contributed by atoms with Crippen molar-refractivity contribution in [1.82, 2.24) is 4.90 Å². The molecule has 2 bridgehead atoms. The van der Waals surface area contributed by atoms with Crippen LogP contribution in [-0.2, 0) is 9.53 Å². The fourth-order valence-corrected chi connectivity index (χ4v) is 3.28. The number of esters is 1. The van der Waals surface area contributed by atoms with E-state index in [1.54, 1.807) is 0 Å². The van der Waals surface area contributed by atoms with Gasteiger partial charge in [0.05, 0.1) is 6.04 Å². The number of piperidine rings is 3. The minimum absolute atomic E-state index is 0.0727. The SMILES string of the molecule is CC(=O)OC1(O)C2CCN(CC2)C1CS. The highest BCUT2D eigenvalue weighted by Gasteiger charge is 2.55. The lowest BCUT2D eigenvalue weighted by Gasteiger charge is -2.54. The molecule has 0 aliphatic carbocycles. The van der Waals surface area contributed by atoms with Crippen molar-refractivity contribution in [2.75, 3.05) is 18.8 Å². The van der Waals surface area contributed by atoms with Crippen molar-refractivity contribution >= 4 is 18.6 Å². The van der Waals surface area contributed by atoms with E-state index < -0.39 is 11.8 Å². The van der Waals surface area contributed by atoms with E-state index in [1.807, 2.05) is 0 Å². The second-order valence-electron chi connectivity index (χ2n) is 4.35. The first-order valence-electron chi connectivity index (χ1n) is 5.34. The van der Waals surface area contributed by atoms with Gasteiger partial charge in [-0.25, -0.2) is 0 Å². The van der Waals surface area contributed by atoms with Gasteiger partial charge in [-0.3, -0.25) is 9.69 Å². The van der Waals surface area contributed by atoms with E-state index in [0.717, 1.165) is 25.9 Å². The first kappa shape index (κ1) is 11.2. The molecule has 0 saturated carbocycles. The van der Waals surface area contributed by atoms with E-state index in [-0.39, 0.29) is 12.0 Å². The average Bonchev–Trinajstić information content (AvgIpc) is 2.17. The molecule has 0 radical (unpaired) electrons. The summed E-state index contributed by atoms with van der Waals surface area (Å²) in [6.45, 7) is 3.28. The molecule has 15 heavy (non-hydrogen) atoms. The van der Waals surface area contributed by atoms with Crippen molar-refractivity contribution in [3.63, 3.8) is 0 Å². The molecule has 0 aromatic rings. The zero-order valence-electron chi connectivity index (χ0n) is 8.85. The molecular formula is C10H17NO3S. The minimum Gasteiger partial charge on any atom is -0.431 e. The molecule has 2 unspecified atom stereocenters. The van der Waals surface area contributed by atoms with E-state index in [2.05, 4.69) is 17.5 Å². The molecule has 0 aromatic carbocycles. The Kier molecular flexibility index (Phi) is 2.96. The molecular weight excluding hydrogens is 214 g/mol. The molecule has 0 aromatic heterocycles. The Hall–Kier alpha value is -0.260. The summed E-state index contributed by atoms with van der Waals surface area (Å²) in [5.74, 6) is -1.15. The highest BCUT2D eigenvalue weighted by Crippen LogP contribution is 2.41. The summed E-state index contributed by atoms with van der Waals surface area (Å²) in [4.78, 5) is 13.2. The normalized spacial score (nSPS) is 44.1. The number of ether oxygens (including phenoxy) is 1. The number of carbonyl (C=O) groups is 1. The van der Waals surface area contributed by atoms with Crippen LogP contribution >= 0.6 is 12.6 Å². The van der Waals surface area contributed by atoms with Crippen LogP contribution in [0.15, 0.2) is 0 Å².